The molecular formula is C22H20BrClN2O2. The van der Waals surface area contributed by atoms with Crippen molar-refractivity contribution >= 4 is 44.8 Å². The van der Waals surface area contributed by atoms with Crippen LogP contribution in [-0.4, -0.2) is 12.5 Å². The Kier molecular flexibility index (Phi) is 6.95. The summed E-state index contributed by atoms with van der Waals surface area (Å²) in [6.07, 6.45) is 0. The lowest BCUT2D eigenvalue weighted by molar-refractivity contribution is -0.118. The Hall–Kier alpha value is -2.50. The van der Waals surface area contributed by atoms with E-state index in [0.717, 1.165) is 27.0 Å². The van der Waals surface area contributed by atoms with E-state index in [1.54, 1.807) is 12.1 Å². The van der Waals surface area contributed by atoms with Gasteiger partial charge in [-0.15, -0.1) is 0 Å². The molecule has 28 heavy (non-hydrogen) atoms. The van der Waals surface area contributed by atoms with Gasteiger partial charge in [0.05, 0.1) is 0 Å². The maximum atomic E-state index is 12.2. The third-order valence-electron chi connectivity index (χ3n) is 4.04. The highest BCUT2D eigenvalue weighted by Gasteiger charge is 2.09. The minimum atomic E-state index is -0.217. The van der Waals surface area contributed by atoms with E-state index in [1.165, 1.54) is 0 Å². The molecule has 0 aromatic heterocycles. The molecule has 2 N–H and O–H groups in total. The smallest absolute Gasteiger partial charge is 0.262 e. The summed E-state index contributed by atoms with van der Waals surface area (Å²) in [7, 11) is 0. The average Bonchev–Trinajstić information content (AvgIpc) is 2.68. The Morgan fingerprint density at radius 2 is 1.68 bits per heavy atom. The number of hydrogen-bond donors (Lipinski definition) is 2. The lowest BCUT2D eigenvalue weighted by atomic mass is 10.2. The predicted molar refractivity (Wildman–Crippen MR) is 118 cm³/mol. The summed E-state index contributed by atoms with van der Waals surface area (Å²) in [4.78, 5) is 12.2. The van der Waals surface area contributed by atoms with E-state index in [2.05, 4.69) is 26.6 Å². The quantitative estimate of drug-likeness (QED) is 0.453. The number of benzene rings is 3. The Bertz CT molecular complexity index is 944. The number of hydrogen-bond acceptors (Lipinski definition) is 3. The van der Waals surface area contributed by atoms with Gasteiger partial charge in [0, 0.05) is 33.0 Å². The van der Waals surface area contributed by atoms with E-state index in [1.807, 2.05) is 61.5 Å². The minimum Gasteiger partial charge on any atom is -0.483 e. The molecule has 0 saturated heterocycles. The normalized spacial score (nSPS) is 10.4. The van der Waals surface area contributed by atoms with Crippen molar-refractivity contribution in [3.63, 3.8) is 0 Å². The van der Waals surface area contributed by atoms with Crippen LogP contribution in [0, 0.1) is 6.92 Å². The summed E-state index contributed by atoms with van der Waals surface area (Å²) in [5.41, 5.74) is 3.73. The molecule has 3 aromatic carbocycles. The van der Waals surface area contributed by atoms with Crippen molar-refractivity contribution in [2.24, 2.45) is 0 Å². The van der Waals surface area contributed by atoms with Gasteiger partial charge in [0.15, 0.2) is 6.61 Å². The van der Waals surface area contributed by atoms with Gasteiger partial charge < -0.3 is 15.4 Å². The summed E-state index contributed by atoms with van der Waals surface area (Å²) in [6, 6.07) is 20.9. The van der Waals surface area contributed by atoms with Crippen molar-refractivity contribution in [2.45, 2.75) is 13.5 Å². The number of rotatable bonds is 7. The van der Waals surface area contributed by atoms with Crippen LogP contribution in [-0.2, 0) is 11.3 Å². The van der Waals surface area contributed by atoms with Gasteiger partial charge in [-0.05, 0) is 61.5 Å². The molecule has 0 spiro atoms. The van der Waals surface area contributed by atoms with Crippen LogP contribution < -0.4 is 15.4 Å². The monoisotopic (exact) mass is 458 g/mol. The number of amides is 1. The first-order valence-corrected chi connectivity index (χ1v) is 9.94. The highest BCUT2D eigenvalue weighted by atomic mass is 79.9. The Balaban J connectivity index is 1.60. The minimum absolute atomic E-state index is 0.0825. The predicted octanol–water partition coefficient (Wildman–Crippen LogP) is 6.04. The first kappa shape index (κ1) is 20.2. The second kappa shape index (κ2) is 9.62. The van der Waals surface area contributed by atoms with Crippen molar-refractivity contribution in [3.8, 4) is 5.75 Å². The molecule has 6 heteroatoms. The number of carbonyl (C=O) groups is 1. The molecule has 0 radical (unpaired) electrons. The molecule has 0 aliphatic carbocycles. The highest BCUT2D eigenvalue weighted by molar-refractivity contribution is 9.10. The molecule has 0 atom stereocenters. The molecular weight excluding hydrogens is 440 g/mol. The summed E-state index contributed by atoms with van der Waals surface area (Å²) in [5, 5.41) is 6.77. The average molecular weight is 460 g/mol. The second-order valence-electron chi connectivity index (χ2n) is 6.32. The lowest BCUT2D eigenvalue weighted by Gasteiger charge is -2.14. The molecule has 3 aromatic rings. The molecule has 0 fully saturated rings. The maximum absolute atomic E-state index is 12.2. The molecule has 0 heterocycles. The van der Waals surface area contributed by atoms with E-state index in [-0.39, 0.29) is 12.5 Å². The molecule has 0 bridgehead atoms. The van der Waals surface area contributed by atoms with Gasteiger partial charge in [-0.25, -0.2) is 0 Å². The summed E-state index contributed by atoms with van der Waals surface area (Å²) in [6.45, 7) is 2.44. The molecule has 3 rings (SSSR count). The fourth-order valence-electron chi connectivity index (χ4n) is 2.57. The SMILES string of the molecule is Cc1ccc(NC(=O)COc2ccc(Cl)cc2CNc2ccc(Br)cc2)cc1. The molecule has 0 unspecified atom stereocenters. The maximum Gasteiger partial charge on any atom is 0.262 e. The molecule has 0 aliphatic rings. The van der Waals surface area contributed by atoms with Gasteiger partial charge in [0.25, 0.3) is 5.91 Å². The third kappa shape index (κ3) is 6.01. The summed E-state index contributed by atoms with van der Waals surface area (Å²) >= 11 is 9.55. The van der Waals surface area contributed by atoms with Crippen molar-refractivity contribution < 1.29 is 9.53 Å². The van der Waals surface area contributed by atoms with Crippen LogP contribution in [0.25, 0.3) is 0 Å². The number of nitrogens with one attached hydrogen (secondary N) is 2. The van der Waals surface area contributed by atoms with Crippen LogP contribution in [0.1, 0.15) is 11.1 Å². The number of carbonyl (C=O) groups excluding carboxylic acids is 1. The van der Waals surface area contributed by atoms with E-state index in [0.29, 0.717) is 17.3 Å². The van der Waals surface area contributed by atoms with Crippen molar-refractivity contribution in [1.29, 1.82) is 0 Å². The topological polar surface area (TPSA) is 50.4 Å². The van der Waals surface area contributed by atoms with Crippen molar-refractivity contribution in [3.05, 3.63) is 87.4 Å². The number of anilines is 2. The van der Waals surface area contributed by atoms with Crippen LogP contribution >= 0.6 is 27.5 Å². The fraction of sp³-hybridized carbons (Fsp3) is 0.136. The molecule has 0 aliphatic heterocycles. The van der Waals surface area contributed by atoms with Gasteiger partial charge in [-0.2, -0.15) is 0 Å². The van der Waals surface area contributed by atoms with Gasteiger partial charge in [0.2, 0.25) is 0 Å². The van der Waals surface area contributed by atoms with Gasteiger partial charge in [-0.3, -0.25) is 4.79 Å². The lowest BCUT2D eigenvalue weighted by Crippen LogP contribution is -2.20. The first-order valence-electron chi connectivity index (χ1n) is 8.77. The number of ether oxygens (including phenoxy) is 1. The van der Waals surface area contributed by atoms with E-state index in [9.17, 15) is 4.79 Å². The molecule has 0 saturated carbocycles. The van der Waals surface area contributed by atoms with Crippen LogP contribution in [0.15, 0.2) is 71.2 Å². The van der Waals surface area contributed by atoms with E-state index in [4.69, 9.17) is 16.3 Å². The zero-order valence-electron chi connectivity index (χ0n) is 15.3. The van der Waals surface area contributed by atoms with Crippen LogP contribution in [0.2, 0.25) is 5.02 Å². The van der Waals surface area contributed by atoms with Crippen LogP contribution in [0.4, 0.5) is 11.4 Å². The highest BCUT2D eigenvalue weighted by Crippen LogP contribution is 2.24. The molecule has 144 valence electrons. The van der Waals surface area contributed by atoms with Crippen molar-refractivity contribution in [2.75, 3.05) is 17.2 Å². The van der Waals surface area contributed by atoms with Crippen LogP contribution in [0.3, 0.4) is 0 Å². The third-order valence-corrected chi connectivity index (χ3v) is 4.81. The molecule has 4 nitrogen and oxygen atoms in total. The van der Waals surface area contributed by atoms with Crippen molar-refractivity contribution in [1.82, 2.24) is 0 Å². The Morgan fingerprint density at radius 1 is 1.00 bits per heavy atom. The largest absolute Gasteiger partial charge is 0.483 e. The summed E-state index contributed by atoms with van der Waals surface area (Å²) < 4.78 is 6.76. The Labute approximate surface area is 178 Å². The fourth-order valence-corrected chi connectivity index (χ4v) is 3.03. The van der Waals surface area contributed by atoms with Crippen LogP contribution in [0.5, 0.6) is 5.75 Å². The first-order chi connectivity index (χ1) is 13.5. The summed E-state index contributed by atoms with van der Waals surface area (Å²) in [5.74, 6) is 0.402. The van der Waals surface area contributed by atoms with E-state index < -0.39 is 0 Å². The van der Waals surface area contributed by atoms with Gasteiger partial charge >= 0.3 is 0 Å². The zero-order valence-corrected chi connectivity index (χ0v) is 17.7. The number of aryl methyl sites for hydroxylation is 1. The Morgan fingerprint density at radius 3 is 2.39 bits per heavy atom. The molecule has 1 amide bonds. The number of halogens is 2. The van der Waals surface area contributed by atoms with Gasteiger partial charge in [-0.1, -0.05) is 45.2 Å². The zero-order chi connectivity index (χ0) is 19.9. The standard InChI is InChI=1S/C22H20BrClN2O2/c1-15-2-7-20(8-3-15)26-22(27)14-28-21-11-6-18(24)12-16(21)13-25-19-9-4-17(23)5-10-19/h2-12,25H,13-14H2,1H3,(H,26,27). The van der Waals surface area contributed by atoms with Gasteiger partial charge in [0.1, 0.15) is 5.75 Å². The van der Waals surface area contributed by atoms with E-state index >= 15 is 0 Å². The second-order valence-corrected chi connectivity index (χ2v) is 7.67.